The molecule has 2 aliphatic rings. The molecule has 0 unspecified atom stereocenters. The first-order valence-corrected chi connectivity index (χ1v) is 20.3. The van der Waals surface area contributed by atoms with Crippen molar-refractivity contribution in [3.05, 3.63) is 180 Å². The smallest absolute Gasteiger partial charge is 0.0433 e. The standard InChI is InChI=1S/C54H38S/c1-53(2)45-20-12-11-15-35(45)43-29-32(22-27-46(43)53)48-36-16-7-9-18-38(36)49(39-19-10-8-17-37(39)48)33-23-28-47-44(30-33)40-25-26-42-41-24-21-31-13-5-6-14-34(31)51(41)55-52(42)50(40)54(47,3)4/h5-30H,1-4H3. The molecule has 2 aliphatic carbocycles. The molecule has 12 rings (SSSR count). The zero-order valence-corrected chi connectivity index (χ0v) is 32.2. The third-order valence-corrected chi connectivity index (χ3v) is 14.5. The Morgan fingerprint density at radius 1 is 0.345 bits per heavy atom. The molecule has 0 N–H and O–H groups in total. The fourth-order valence-corrected chi connectivity index (χ4v) is 12.2. The number of hydrogen-bond acceptors (Lipinski definition) is 1. The fraction of sp³-hybridized carbons (Fsp3) is 0.111. The summed E-state index contributed by atoms with van der Waals surface area (Å²) < 4.78 is 2.82. The molecule has 0 saturated carbocycles. The van der Waals surface area contributed by atoms with Crippen molar-refractivity contribution in [1.82, 2.24) is 0 Å². The Kier molecular flexibility index (Phi) is 6.16. The van der Waals surface area contributed by atoms with E-state index in [0.29, 0.717) is 0 Å². The second kappa shape index (κ2) is 10.8. The van der Waals surface area contributed by atoms with Crippen LogP contribution in [0, 0.1) is 0 Å². The van der Waals surface area contributed by atoms with Crippen molar-refractivity contribution < 1.29 is 0 Å². The molecular formula is C54H38S. The van der Waals surface area contributed by atoms with Gasteiger partial charge in [-0.1, -0.05) is 173 Å². The predicted octanol–water partition coefficient (Wildman–Crippen LogP) is 15.5. The SMILES string of the molecule is CC1(C)c2ccccc2-c2cc(-c3c4ccccc4c(-c4ccc5c(c4)-c4ccc6c(sc7c8ccccc8ccc67)c4C5(C)C)c4ccccc34)ccc21. The van der Waals surface area contributed by atoms with Crippen molar-refractivity contribution in [3.8, 4) is 44.5 Å². The lowest BCUT2D eigenvalue weighted by Crippen LogP contribution is -2.15. The molecule has 0 saturated heterocycles. The second-order valence-corrected chi connectivity index (χ2v) is 17.8. The monoisotopic (exact) mass is 718 g/mol. The van der Waals surface area contributed by atoms with Gasteiger partial charge in [0.25, 0.3) is 0 Å². The van der Waals surface area contributed by atoms with E-state index in [-0.39, 0.29) is 10.8 Å². The van der Waals surface area contributed by atoms with E-state index in [4.69, 9.17) is 0 Å². The van der Waals surface area contributed by atoms with E-state index in [2.05, 4.69) is 185 Å². The van der Waals surface area contributed by atoms with Gasteiger partial charge in [-0.3, -0.25) is 0 Å². The van der Waals surface area contributed by atoms with Gasteiger partial charge in [0.2, 0.25) is 0 Å². The van der Waals surface area contributed by atoms with Crippen molar-refractivity contribution in [2.24, 2.45) is 0 Å². The minimum absolute atomic E-state index is 0.0175. The van der Waals surface area contributed by atoms with Crippen molar-refractivity contribution in [3.63, 3.8) is 0 Å². The zero-order valence-electron chi connectivity index (χ0n) is 31.4. The predicted molar refractivity (Wildman–Crippen MR) is 238 cm³/mol. The highest BCUT2D eigenvalue weighted by molar-refractivity contribution is 7.27. The third-order valence-electron chi connectivity index (χ3n) is 13.2. The van der Waals surface area contributed by atoms with Crippen molar-refractivity contribution >= 4 is 63.8 Å². The lowest BCUT2D eigenvalue weighted by Gasteiger charge is -2.23. The zero-order chi connectivity index (χ0) is 36.8. The molecule has 0 spiro atoms. The minimum Gasteiger partial charge on any atom is -0.134 e. The largest absolute Gasteiger partial charge is 0.134 e. The van der Waals surface area contributed by atoms with E-state index in [1.54, 1.807) is 0 Å². The summed E-state index contributed by atoms with van der Waals surface area (Å²) in [6.07, 6.45) is 0. The van der Waals surface area contributed by atoms with Gasteiger partial charge >= 0.3 is 0 Å². The maximum Gasteiger partial charge on any atom is 0.0433 e. The first-order valence-electron chi connectivity index (χ1n) is 19.5. The van der Waals surface area contributed by atoms with Crippen LogP contribution in [0.3, 0.4) is 0 Å². The molecule has 1 aromatic heterocycles. The highest BCUT2D eigenvalue weighted by atomic mass is 32.1. The Hall–Kier alpha value is -6.02. The fourth-order valence-electron chi connectivity index (χ4n) is 10.6. The summed E-state index contributed by atoms with van der Waals surface area (Å²) >= 11 is 1.98. The molecular weight excluding hydrogens is 681 g/mol. The highest BCUT2D eigenvalue weighted by Crippen LogP contribution is 2.56. The van der Waals surface area contributed by atoms with Crippen LogP contribution in [0.2, 0.25) is 0 Å². The van der Waals surface area contributed by atoms with Crippen LogP contribution in [0.15, 0.2) is 158 Å². The molecule has 0 fully saturated rings. The summed E-state index contributed by atoms with van der Waals surface area (Å²) in [5.74, 6) is 0. The van der Waals surface area contributed by atoms with Gasteiger partial charge in [-0.15, -0.1) is 11.3 Å². The maximum absolute atomic E-state index is 2.50. The van der Waals surface area contributed by atoms with Crippen molar-refractivity contribution in [2.75, 3.05) is 0 Å². The van der Waals surface area contributed by atoms with Crippen LogP contribution in [0.4, 0.5) is 0 Å². The number of thiophene rings is 1. The van der Waals surface area contributed by atoms with Crippen LogP contribution >= 0.6 is 11.3 Å². The molecule has 10 aromatic rings. The highest BCUT2D eigenvalue weighted by Gasteiger charge is 2.39. The Balaban J connectivity index is 1.08. The van der Waals surface area contributed by atoms with Crippen LogP contribution in [-0.2, 0) is 10.8 Å². The summed E-state index contributed by atoms with van der Waals surface area (Å²) in [5, 5.41) is 10.6. The van der Waals surface area contributed by atoms with E-state index in [1.165, 1.54) is 119 Å². The summed E-state index contributed by atoms with van der Waals surface area (Å²) in [6.45, 7) is 9.57. The van der Waals surface area contributed by atoms with Gasteiger partial charge in [0.05, 0.1) is 0 Å². The van der Waals surface area contributed by atoms with Crippen LogP contribution in [0.1, 0.15) is 49.9 Å². The molecule has 0 aliphatic heterocycles. The van der Waals surface area contributed by atoms with Crippen molar-refractivity contribution in [1.29, 1.82) is 0 Å². The van der Waals surface area contributed by atoms with E-state index >= 15 is 0 Å². The third kappa shape index (κ3) is 4.06. The number of rotatable bonds is 2. The second-order valence-electron chi connectivity index (χ2n) is 16.8. The van der Waals surface area contributed by atoms with Crippen molar-refractivity contribution in [2.45, 2.75) is 38.5 Å². The van der Waals surface area contributed by atoms with Crippen LogP contribution < -0.4 is 0 Å². The van der Waals surface area contributed by atoms with Crippen LogP contribution in [0.5, 0.6) is 0 Å². The molecule has 55 heavy (non-hydrogen) atoms. The first kappa shape index (κ1) is 31.3. The van der Waals surface area contributed by atoms with E-state index in [0.717, 1.165) is 0 Å². The average molecular weight is 719 g/mol. The Bertz CT molecular complexity index is 3260. The number of fused-ring (bicyclic) bond motifs is 14. The van der Waals surface area contributed by atoms with Crippen LogP contribution in [0.25, 0.3) is 97.0 Å². The molecule has 0 radical (unpaired) electrons. The van der Waals surface area contributed by atoms with Gasteiger partial charge in [0, 0.05) is 31.0 Å². The normalized spacial score (nSPS) is 14.8. The van der Waals surface area contributed by atoms with Gasteiger partial charge in [-0.05, 0) is 111 Å². The Morgan fingerprint density at radius 3 is 1.49 bits per heavy atom. The summed E-state index contributed by atoms with van der Waals surface area (Å²) in [6, 6.07) is 59.9. The topological polar surface area (TPSA) is 0 Å². The van der Waals surface area contributed by atoms with Gasteiger partial charge < -0.3 is 0 Å². The maximum atomic E-state index is 2.50. The van der Waals surface area contributed by atoms with E-state index in [1.807, 2.05) is 11.3 Å². The molecule has 0 nitrogen and oxygen atoms in total. The van der Waals surface area contributed by atoms with Gasteiger partial charge in [0.15, 0.2) is 0 Å². The van der Waals surface area contributed by atoms with Gasteiger partial charge in [0.1, 0.15) is 0 Å². The summed E-state index contributed by atoms with van der Waals surface area (Å²) in [7, 11) is 0. The lowest BCUT2D eigenvalue weighted by atomic mass is 9.80. The van der Waals surface area contributed by atoms with E-state index in [9.17, 15) is 0 Å². The minimum atomic E-state index is -0.117. The molecule has 9 aromatic carbocycles. The summed E-state index contributed by atoms with van der Waals surface area (Å²) in [4.78, 5) is 0. The molecule has 1 heterocycles. The number of hydrogen-bond donors (Lipinski definition) is 0. The van der Waals surface area contributed by atoms with Gasteiger partial charge in [-0.25, -0.2) is 0 Å². The van der Waals surface area contributed by atoms with Gasteiger partial charge in [-0.2, -0.15) is 0 Å². The molecule has 0 atom stereocenters. The molecule has 0 amide bonds. The van der Waals surface area contributed by atoms with Crippen LogP contribution in [-0.4, -0.2) is 0 Å². The lowest BCUT2D eigenvalue weighted by molar-refractivity contribution is 0.660. The summed E-state index contributed by atoms with van der Waals surface area (Å²) in [5.41, 5.74) is 16.2. The van der Waals surface area contributed by atoms with E-state index < -0.39 is 0 Å². The first-order chi connectivity index (χ1) is 26.8. The molecule has 1 heteroatoms. The molecule has 0 bridgehead atoms. The number of benzene rings is 9. The quantitative estimate of drug-likeness (QED) is 0.156. The molecule has 260 valence electrons. The average Bonchev–Trinajstić information content (AvgIpc) is 3.79. The Morgan fingerprint density at radius 2 is 0.836 bits per heavy atom. The Labute approximate surface area is 325 Å².